The average molecular weight is 471 g/mol. The van der Waals surface area contributed by atoms with Crippen molar-refractivity contribution in [3.05, 3.63) is 57.8 Å². The molecular formula is C27H38N2O3S. The van der Waals surface area contributed by atoms with Crippen molar-refractivity contribution in [1.82, 2.24) is 9.80 Å². The summed E-state index contributed by atoms with van der Waals surface area (Å²) in [5, 5.41) is 0. The zero-order valence-corrected chi connectivity index (χ0v) is 20.9. The number of benzene rings is 1. The number of thiophene rings is 1. The number of rotatable bonds is 13. The summed E-state index contributed by atoms with van der Waals surface area (Å²) in [5.74, 6) is 0.761. The fraction of sp³-hybridized carbons (Fsp3) is 0.556. The first-order valence-electron chi connectivity index (χ1n) is 12.2. The molecule has 1 aliphatic rings. The number of hydrogen-bond acceptors (Lipinski definition) is 4. The molecule has 5 nitrogen and oxygen atoms in total. The van der Waals surface area contributed by atoms with Crippen molar-refractivity contribution in [2.24, 2.45) is 5.92 Å². The number of ether oxygens (including phenoxy) is 1. The van der Waals surface area contributed by atoms with E-state index in [1.807, 2.05) is 35.2 Å². The number of nitrogens with zero attached hydrogens (tertiary/aromatic N) is 2. The van der Waals surface area contributed by atoms with Gasteiger partial charge in [-0.3, -0.25) is 9.59 Å². The van der Waals surface area contributed by atoms with E-state index < -0.39 is 0 Å². The molecule has 2 aromatic rings. The highest BCUT2D eigenvalue weighted by atomic mass is 32.1. The molecule has 1 heterocycles. The van der Waals surface area contributed by atoms with Gasteiger partial charge in [-0.15, -0.1) is 11.3 Å². The molecule has 0 unspecified atom stereocenters. The monoisotopic (exact) mass is 470 g/mol. The van der Waals surface area contributed by atoms with Gasteiger partial charge in [-0.1, -0.05) is 56.0 Å². The first kappa shape index (κ1) is 25.4. The van der Waals surface area contributed by atoms with Crippen LogP contribution in [0.3, 0.4) is 0 Å². The number of carbonyl (C=O) groups is 2. The van der Waals surface area contributed by atoms with Crippen LogP contribution in [0.15, 0.2) is 42.5 Å². The molecule has 0 N–H and O–H groups in total. The van der Waals surface area contributed by atoms with E-state index in [4.69, 9.17) is 4.74 Å². The number of amides is 2. The van der Waals surface area contributed by atoms with Gasteiger partial charge in [-0.25, -0.2) is 0 Å². The van der Waals surface area contributed by atoms with E-state index in [-0.39, 0.29) is 18.4 Å². The van der Waals surface area contributed by atoms with Crippen LogP contribution in [0.1, 0.15) is 60.3 Å². The van der Waals surface area contributed by atoms with Gasteiger partial charge in [0.25, 0.3) is 0 Å². The molecule has 3 rings (SSSR count). The number of hydrogen-bond donors (Lipinski definition) is 0. The maximum atomic E-state index is 13.5. The molecule has 0 bridgehead atoms. The third-order valence-corrected chi connectivity index (χ3v) is 7.39. The first-order chi connectivity index (χ1) is 16.0. The second-order valence-electron chi connectivity index (χ2n) is 9.10. The highest BCUT2D eigenvalue weighted by molar-refractivity contribution is 7.11. The van der Waals surface area contributed by atoms with Crippen molar-refractivity contribution in [3.63, 3.8) is 0 Å². The van der Waals surface area contributed by atoms with Crippen molar-refractivity contribution < 1.29 is 14.3 Å². The molecule has 1 aromatic carbocycles. The third-order valence-electron chi connectivity index (χ3n) is 6.41. The van der Waals surface area contributed by atoms with Gasteiger partial charge < -0.3 is 14.5 Å². The fourth-order valence-corrected chi connectivity index (χ4v) is 5.44. The Hall–Kier alpha value is -2.18. The summed E-state index contributed by atoms with van der Waals surface area (Å²) in [7, 11) is 1.67. The zero-order chi connectivity index (χ0) is 23.5. The molecule has 0 saturated heterocycles. The van der Waals surface area contributed by atoms with Crippen molar-refractivity contribution in [3.8, 4) is 0 Å². The Morgan fingerprint density at radius 3 is 2.42 bits per heavy atom. The standard InChI is InChI=1S/C27H38N2O3S/c1-22-13-15-25(33-22)20-29(19-24-11-4-3-5-12-24)27(31)21-28(17-8-18-32-2)26(30)16-14-23-9-6-7-10-23/h3-5,11-13,15,23H,6-10,14,16-21H2,1-2H3. The Balaban J connectivity index is 1.67. The third kappa shape index (κ3) is 8.59. The van der Waals surface area contributed by atoms with Crippen molar-refractivity contribution in [2.75, 3.05) is 26.8 Å². The Morgan fingerprint density at radius 2 is 1.76 bits per heavy atom. The molecule has 0 aliphatic heterocycles. The van der Waals surface area contributed by atoms with Crippen LogP contribution in [0.2, 0.25) is 0 Å². The van der Waals surface area contributed by atoms with Crippen LogP contribution >= 0.6 is 11.3 Å². The Morgan fingerprint density at radius 1 is 1.00 bits per heavy atom. The van der Waals surface area contributed by atoms with Gasteiger partial charge >= 0.3 is 0 Å². The van der Waals surface area contributed by atoms with E-state index in [0.29, 0.717) is 38.6 Å². The lowest BCUT2D eigenvalue weighted by Crippen LogP contribution is -2.43. The lowest BCUT2D eigenvalue weighted by molar-refractivity contribution is -0.141. The van der Waals surface area contributed by atoms with E-state index in [2.05, 4.69) is 19.1 Å². The second-order valence-corrected chi connectivity index (χ2v) is 10.5. The predicted octanol–water partition coefficient (Wildman–Crippen LogP) is 5.42. The summed E-state index contributed by atoms with van der Waals surface area (Å²) < 4.78 is 5.19. The highest BCUT2D eigenvalue weighted by Crippen LogP contribution is 2.28. The quantitative estimate of drug-likeness (QED) is 0.367. The van der Waals surface area contributed by atoms with Gasteiger partial charge in [0.15, 0.2) is 0 Å². The Kier molecular flexibility index (Phi) is 10.4. The summed E-state index contributed by atoms with van der Waals surface area (Å²) in [5.41, 5.74) is 1.10. The predicted molar refractivity (Wildman–Crippen MR) is 134 cm³/mol. The molecule has 2 amide bonds. The molecule has 0 spiro atoms. The lowest BCUT2D eigenvalue weighted by Gasteiger charge is -2.28. The maximum absolute atomic E-state index is 13.5. The van der Waals surface area contributed by atoms with Crippen LogP contribution < -0.4 is 0 Å². The summed E-state index contributed by atoms with van der Waals surface area (Å²) in [6.07, 6.45) is 7.25. The number of aryl methyl sites for hydroxylation is 1. The van der Waals surface area contributed by atoms with Gasteiger partial charge in [-0.05, 0) is 43.4 Å². The second kappa shape index (κ2) is 13.5. The Labute approximate surface area is 202 Å². The summed E-state index contributed by atoms with van der Waals surface area (Å²) >= 11 is 1.72. The summed E-state index contributed by atoms with van der Waals surface area (Å²) in [6.45, 7) is 4.46. The lowest BCUT2D eigenvalue weighted by atomic mass is 10.0. The van der Waals surface area contributed by atoms with Gasteiger partial charge in [-0.2, -0.15) is 0 Å². The zero-order valence-electron chi connectivity index (χ0n) is 20.1. The normalized spacial score (nSPS) is 13.9. The van der Waals surface area contributed by atoms with Crippen LogP contribution in [0.5, 0.6) is 0 Å². The van der Waals surface area contributed by atoms with E-state index in [1.165, 1.54) is 30.6 Å². The summed E-state index contributed by atoms with van der Waals surface area (Å²) in [6, 6.07) is 14.3. The van der Waals surface area contributed by atoms with E-state index >= 15 is 0 Å². The van der Waals surface area contributed by atoms with Crippen LogP contribution in [0.4, 0.5) is 0 Å². The molecule has 33 heavy (non-hydrogen) atoms. The number of methoxy groups -OCH3 is 1. The van der Waals surface area contributed by atoms with E-state index in [0.717, 1.165) is 23.3 Å². The average Bonchev–Trinajstić information content (AvgIpc) is 3.48. The highest BCUT2D eigenvalue weighted by Gasteiger charge is 2.23. The summed E-state index contributed by atoms with van der Waals surface area (Å²) in [4.78, 5) is 32.6. The molecule has 1 aromatic heterocycles. The van der Waals surface area contributed by atoms with Gasteiger partial charge in [0.1, 0.15) is 0 Å². The van der Waals surface area contributed by atoms with E-state index in [9.17, 15) is 9.59 Å². The largest absolute Gasteiger partial charge is 0.385 e. The minimum Gasteiger partial charge on any atom is -0.385 e. The molecule has 6 heteroatoms. The molecular weight excluding hydrogens is 432 g/mol. The van der Waals surface area contributed by atoms with Gasteiger partial charge in [0, 0.05) is 43.0 Å². The van der Waals surface area contributed by atoms with Crippen LogP contribution in [-0.2, 0) is 27.4 Å². The fourth-order valence-electron chi connectivity index (χ4n) is 4.53. The van der Waals surface area contributed by atoms with Gasteiger partial charge in [0.05, 0.1) is 13.1 Å². The van der Waals surface area contributed by atoms with Crippen molar-refractivity contribution in [1.29, 1.82) is 0 Å². The van der Waals surface area contributed by atoms with Crippen LogP contribution in [-0.4, -0.2) is 48.4 Å². The Bertz CT molecular complexity index is 861. The SMILES string of the molecule is COCCCN(CC(=O)N(Cc1ccccc1)Cc1ccc(C)s1)C(=O)CCC1CCCC1. The molecule has 0 radical (unpaired) electrons. The topological polar surface area (TPSA) is 49.9 Å². The first-order valence-corrected chi connectivity index (χ1v) is 13.0. The maximum Gasteiger partial charge on any atom is 0.242 e. The van der Waals surface area contributed by atoms with Crippen LogP contribution in [0, 0.1) is 12.8 Å². The minimum atomic E-state index is -0.00320. The van der Waals surface area contributed by atoms with Crippen LogP contribution in [0.25, 0.3) is 0 Å². The molecule has 1 fully saturated rings. The van der Waals surface area contributed by atoms with Gasteiger partial charge in [0.2, 0.25) is 11.8 Å². The smallest absolute Gasteiger partial charge is 0.242 e. The molecule has 180 valence electrons. The van der Waals surface area contributed by atoms with Crippen molar-refractivity contribution >= 4 is 23.2 Å². The van der Waals surface area contributed by atoms with Crippen molar-refractivity contribution in [2.45, 2.75) is 65.0 Å². The minimum absolute atomic E-state index is 0.00320. The molecule has 1 aliphatic carbocycles. The number of carbonyl (C=O) groups excluding carboxylic acids is 2. The van der Waals surface area contributed by atoms with E-state index in [1.54, 1.807) is 23.3 Å². The molecule has 0 atom stereocenters. The molecule has 1 saturated carbocycles.